The van der Waals surface area contributed by atoms with E-state index in [0.29, 0.717) is 25.5 Å². The zero-order valence-corrected chi connectivity index (χ0v) is 14.8. The van der Waals surface area contributed by atoms with Crippen LogP contribution >= 0.6 is 24.0 Å². The van der Waals surface area contributed by atoms with Gasteiger partial charge < -0.3 is 15.5 Å². The summed E-state index contributed by atoms with van der Waals surface area (Å²) in [4.78, 5) is 17.9. The Kier molecular flexibility index (Phi) is 9.87. The Balaban J connectivity index is 0.00000361. The molecule has 1 fully saturated rings. The highest BCUT2D eigenvalue weighted by Gasteiger charge is 2.27. The number of nitrogens with zero attached hydrogens (tertiary/aromatic N) is 2. The van der Waals surface area contributed by atoms with Crippen LogP contribution in [-0.4, -0.2) is 56.2 Å². The second-order valence-electron chi connectivity index (χ2n) is 5.11. The molecule has 118 valence electrons. The Morgan fingerprint density at radius 1 is 1.50 bits per heavy atom. The van der Waals surface area contributed by atoms with Crippen LogP contribution in [-0.2, 0) is 4.79 Å². The lowest BCUT2D eigenvalue weighted by atomic mass is 10.2. The van der Waals surface area contributed by atoms with E-state index in [1.54, 1.807) is 7.05 Å². The second kappa shape index (κ2) is 10.2. The molecule has 0 aromatic carbocycles. The number of hydrogen-bond acceptors (Lipinski definition) is 2. The summed E-state index contributed by atoms with van der Waals surface area (Å²) in [6.07, 6.45) is 1.39. The van der Waals surface area contributed by atoms with E-state index in [2.05, 4.69) is 15.6 Å². The molecule has 0 bridgehead atoms. The molecule has 0 aliphatic carbocycles. The molecule has 1 saturated heterocycles. The van der Waals surface area contributed by atoms with E-state index in [4.69, 9.17) is 0 Å². The average molecular weight is 400 g/mol. The Labute approximate surface area is 137 Å². The van der Waals surface area contributed by atoms with E-state index in [9.17, 15) is 9.18 Å². The topological polar surface area (TPSA) is 56.7 Å². The number of alkyl halides is 1. The van der Waals surface area contributed by atoms with E-state index in [1.165, 1.54) is 0 Å². The number of carbonyl (C=O) groups is 1. The van der Waals surface area contributed by atoms with Crippen molar-refractivity contribution in [1.82, 2.24) is 15.5 Å². The number of guanidine groups is 1. The van der Waals surface area contributed by atoms with E-state index < -0.39 is 0 Å². The maximum atomic E-state index is 12.0. The number of rotatable bonds is 5. The van der Waals surface area contributed by atoms with Crippen molar-refractivity contribution in [3.63, 3.8) is 0 Å². The van der Waals surface area contributed by atoms with Crippen molar-refractivity contribution >= 4 is 35.8 Å². The fraction of sp³-hybridized carbons (Fsp3) is 0.846. The summed E-state index contributed by atoms with van der Waals surface area (Å²) < 4.78 is 12.0. The number of nitrogens with one attached hydrogen (secondary N) is 2. The molecule has 1 amide bonds. The number of carbonyl (C=O) groups excluding carboxylic acids is 1. The minimum atomic E-state index is -0.329. The van der Waals surface area contributed by atoms with Gasteiger partial charge in [0.15, 0.2) is 5.96 Å². The van der Waals surface area contributed by atoms with E-state index >= 15 is 0 Å². The molecule has 0 saturated carbocycles. The third kappa shape index (κ3) is 6.23. The number of aliphatic imine (C=N–C) groups is 1. The molecule has 20 heavy (non-hydrogen) atoms. The normalized spacial score (nSPS) is 18.9. The van der Waals surface area contributed by atoms with Crippen LogP contribution in [0.5, 0.6) is 0 Å². The molecule has 1 aliphatic heterocycles. The quantitative estimate of drug-likeness (QED) is 0.318. The predicted molar refractivity (Wildman–Crippen MR) is 90.3 cm³/mol. The lowest BCUT2D eigenvalue weighted by Crippen LogP contribution is -2.45. The summed E-state index contributed by atoms with van der Waals surface area (Å²) in [7, 11) is 1.69. The lowest BCUT2D eigenvalue weighted by Gasteiger charge is -2.20. The van der Waals surface area contributed by atoms with Crippen LogP contribution < -0.4 is 10.6 Å². The molecule has 1 rings (SSSR count). The second-order valence-corrected chi connectivity index (χ2v) is 5.11. The Bertz CT molecular complexity index is 325. The molecule has 2 N–H and O–H groups in total. The summed E-state index contributed by atoms with van der Waals surface area (Å²) >= 11 is 0. The van der Waals surface area contributed by atoms with Gasteiger partial charge in [-0.25, -0.2) is 0 Å². The van der Waals surface area contributed by atoms with Gasteiger partial charge in [0.25, 0.3) is 0 Å². The summed E-state index contributed by atoms with van der Waals surface area (Å²) in [6, 6.07) is 0.222. The molecule has 0 spiro atoms. The van der Waals surface area contributed by atoms with Crippen molar-refractivity contribution in [1.29, 1.82) is 0 Å². The summed E-state index contributed by atoms with van der Waals surface area (Å²) in [5.41, 5.74) is 0. The third-order valence-electron chi connectivity index (χ3n) is 3.16. The van der Waals surface area contributed by atoms with Gasteiger partial charge in [-0.3, -0.25) is 14.2 Å². The monoisotopic (exact) mass is 400 g/mol. The number of halogens is 2. The highest BCUT2D eigenvalue weighted by molar-refractivity contribution is 14.0. The maximum Gasteiger partial charge on any atom is 0.225 e. The van der Waals surface area contributed by atoms with Crippen molar-refractivity contribution in [3.8, 4) is 0 Å². The van der Waals surface area contributed by atoms with Gasteiger partial charge >= 0.3 is 0 Å². The van der Waals surface area contributed by atoms with E-state index in [1.807, 2.05) is 18.7 Å². The van der Waals surface area contributed by atoms with Gasteiger partial charge in [0.2, 0.25) is 5.91 Å². The SMILES string of the molecule is CN=C(NCCCF)NC1CCN(C(=O)C(C)C)C1.I. The molecule has 1 heterocycles. The number of amides is 1. The first kappa shape index (κ1) is 19.4. The molecule has 7 heteroatoms. The summed E-state index contributed by atoms with van der Waals surface area (Å²) in [5, 5.41) is 6.33. The van der Waals surface area contributed by atoms with Gasteiger partial charge in [-0.15, -0.1) is 24.0 Å². The first-order valence-corrected chi connectivity index (χ1v) is 6.90. The molecule has 1 unspecified atom stereocenters. The highest BCUT2D eigenvalue weighted by Crippen LogP contribution is 2.12. The van der Waals surface area contributed by atoms with Gasteiger partial charge in [0.05, 0.1) is 6.67 Å². The lowest BCUT2D eigenvalue weighted by molar-refractivity contribution is -0.133. The molecule has 5 nitrogen and oxygen atoms in total. The van der Waals surface area contributed by atoms with Crippen LogP contribution in [0.15, 0.2) is 4.99 Å². The Morgan fingerprint density at radius 2 is 2.20 bits per heavy atom. The van der Waals surface area contributed by atoms with Gasteiger partial charge in [-0.1, -0.05) is 13.8 Å². The van der Waals surface area contributed by atoms with Crippen LogP contribution in [0.1, 0.15) is 26.7 Å². The first-order valence-electron chi connectivity index (χ1n) is 6.90. The molecule has 0 radical (unpaired) electrons. The van der Waals surface area contributed by atoms with Gasteiger partial charge in [0.1, 0.15) is 0 Å². The number of hydrogen-bond donors (Lipinski definition) is 2. The highest BCUT2D eigenvalue weighted by atomic mass is 127. The zero-order valence-electron chi connectivity index (χ0n) is 12.5. The minimum absolute atomic E-state index is 0. The standard InChI is InChI=1S/C13H25FN4O.HI/c1-10(2)12(19)18-8-5-11(9-18)17-13(15-3)16-7-4-6-14;/h10-11H,4-9H2,1-3H3,(H2,15,16,17);1H. The summed E-state index contributed by atoms with van der Waals surface area (Å²) in [5.74, 6) is 0.919. The van der Waals surface area contributed by atoms with Crippen molar-refractivity contribution in [2.75, 3.05) is 33.4 Å². The fourth-order valence-corrected chi connectivity index (χ4v) is 2.10. The Morgan fingerprint density at radius 3 is 2.75 bits per heavy atom. The fourth-order valence-electron chi connectivity index (χ4n) is 2.10. The van der Waals surface area contributed by atoms with Crippen LogP contribution in [0, 0.1) is 5.92 Å². The van der Waals surface area contributed by atoms with Crippen LogP contribution in [0.4, 0.5) is 4.39 Å². The molecular formula is C13H26FIN4O. The zero-order chi connectivity index (χ0) is 14.3. The number of likely N-dealkylation sites (tertiary alicyclic amines) is 1. The van der Waals surface area contributed by atoms with Gasteiger partial charge in [-0.05, 0) is 12.8 Å². The van der Waals surface area contributed by atoms with E-state index in [-0.39, 0.29) is 48.5 Å². The van der Waals surface area contributed by atoms with Crippen LogP contribution in [0.2, 0.25) is 0 Å². The van der Waals surface area contributed by atoms with E-state index in [0.717, 1.165) is 13.0 Å². The van der Waals surface area contributed by atoms with Crippen LogP contribution in [0.3, 0.4) is 0 Å². The molecule has 1 atom stereocenters. The molecule has 0 aromatic heterocycles. The van der Waals surface area contributed by atoms with Crippen molar-refractivity contribution in [2.45, 2.75) is 32.7 Å². The van der Waals surface area contributed by atoms with Crippen LogP contribution in [0.25, 0.3) is 0 Å². The first-order chi connectivity index (χ1) is 9.08. The largest absolute Gasteiger partial charge is 0.356 e. The Hall–Kier alpha value is -0.600. The van der Waals surface area contributed by atoms with Crippen molar-refractivity contribution < 1.29 is 9.18 Å². The minimum Gasteiger partial charge on any atom is -0.356 e. The predicted octanol–water partition coefficient (Wildman–Crippen LogP) is 1.39. The average Bonchev–Trinajstić information content (AvgIpc) is 2.85. The smallest absolute Gasteiger partial charge is 0.225 e. The maximum absolute atomic E-state index is 12.0. The van der Waals surface area contributed by atoms with Gasteiger partial charge in [0, 0.05) is 38.6 Å². The molecular weight excluding hydrogens is 374 g/mol. The third-order valence-corrected chi connectivity index (χ3v) is 3.16. The molecule has 0 aromatic rings. The van der Waals surface area contributed by atoms with Crippen molar-refractivity contribution in [3.05, 3.63) is 0 Å². The van der Waals surface area contributed by atoms with Gasteiger partial charge in [-0.2, -0.15) is 0 Å². The summed E-state index contributed by atoms with van der Waals surface area (Å²) in [6.45, 7) is 5.57. The van der Waals surface area contributed by atoms with Crippen molar-refractivity contribution in [2.24, 2.45) is 10.9 Å². The molecule has 1 aliphatic rings.